The molecule has 2 saturated heterocycles. The highest BCUT2D eigenvalue weighted by Crippen LogP contribution is 2.36. The average Bonchev–Trinajstić information content (AvgIpc) is 3.60. The number of nitrogens with zero attached hydrogens (tertiary/aromatic N) is 6. The third kappa shape index (κ3) is 4.47. The van der Waals surface area contributed by atoms with Gasteiger partial charge in [-0.15, -0.1) is 0 Å². The number of anilines is 1. The number of likely N-dealkylation sites (N-methyl/N-ethyl adjacent to an activating group) is 1. The largest absolute Gasteiger partial charge is 0.377 e. The smallest absolute Gasteiger partial charge is 0.275 e. The van der Waals surface area contributed by atoms with Crippen molar-refractivity contribution in [2.24, 2.45) is 7.05 Å². The summed E-state index contributed by atoms with van der Waals surface area (Å²) >= 11 is 0. The highest BCUT2D eigenvalue weighted by atomic mass is 16.5. The number of aromatic nitrogens is 4. The molecule has 7 rings (SSSR count). The van der Waals surface area contributed by atoms with Gasteiger partial charge in [0.2, 0.25) is 0 Å². The molecule has 8 nitrogen and oxygen atoms in total. The van der Waals surface area contributed by atoms with Crippen molar-refractivity contribution < 1.29 is 4.74 Å². The average molecular weight is 561 g/mol. The monoisotopic (exact) mass is 560 g/mol. The molecule has 0 spiro atoms. The van der Waals surface area contributed by atoms with Crippen LogP contribution in [0.2, 0.25) is 0 Å². The molecule has 0 atom stereocenters. The molecule has 2 fully saturated rings. The molecule has 0 bridgehead atoms. The summed E-state index contributed by atoms with van der Waals surface area (Å²) in [7, 11) is 3.99. The van der Waals surface area contributed by atoms with Crippen LogP contribution in [0.3, 0.4) is 0 Å². The number of aryl methyl sites for hydroxylation is 2. The number of ether oxygens (including phenoxy) is 1. The maximum Gasteiger partial charge on any atom is 0.275 e. The first-order chi connectivity index (χ1) is 20.4. The number of pyridine rings is 1. The first-order valence-corrected chi connectivity index (χ1v) is 14.6. The van der Waals surface area contributed by atoms with Crippen molar-refractivity contribution in [2.75, 3.05) is 51.3 Å². The first kappa shape index (κ1) is 26.5. The zero-order valence-electron chi connectivity index (χ0n) is 24.5. The van der Waals surface area contributed by atoms with Gasteiger partial charge in [-0.2, -0.15) is 5.10 Å². The summed E-state index contributed by atoms with van der Waals surface area (Å²) in [4.78, 5) is 18.7. The van der Waals surface area contributed by atoms with E-state index in [0.717, 1.165) is 70.8 Å². The fourth-order valence-corrected chi connectivity index (χ4v) is 6.07. The van der Waals surface area contributed by atoms with Gasteiger partial charge in [0.1, 0.15) is 5.52 Å². The van der Waals surface area contributed by atoms with E-state index < -0.39 is 0 Å². The SMILES string of the molecule is C=C(c1ccc(N2CCN(C)CC2)cc1)c1cn(C)c(=O)c2c1cc(-c1cnn(C3COC3)c1)n2-c1ccccc1C. The lowest BCUT2D eigenvalue weighted by Crippen LogP contribution is -2.44. The molecular weight excluding hydrogens is 524 g/mol. The predicted molar refractivity (Wildman–Crippen MR) is 169 cm³/mol. The summed E-state index contributed by atoms with van der Waals surface area (Å²) in [6.45, 7) is 12.1. The van der Waals surface area contributed by atoms with E-state index in [9.17, 15) is 4.79 Å². The second-order valence-corrected chi connectivity index (χ2v) is 11.6. The summed E-state index contributed by atoms with van der Waals surface area (Å²) in [6.07, 6.45) is 5.87. The predicted octanol–water partition coefficient (Wildman–Crippen LogP) is 4.89. The number of rotatable bonds is 6. The van der Waals surface area contributed by atoms with Crippen LogP contribution in [0, 0.1) is 6.92 Å². The highest BCUT2D eigenvalue weighted by Gasteiger charge is 2.25. The summed E-state index contributed by atoms with van der Waals surface area (Å²) in [5, 5.41) is 5.53. The quantitative estimate of drug-likeness (QED) is 0.296. The van der Waals surface area contributed by atoms with Crippen LogP contribution in [-0.2, 0) is 11.8 Å². The van der Waals surface area contributed by atoms with Gasteiger partial charge in [-0.05, 0) is 54.9 Å². The van der Waals surface area contributed by atoms with Crippen LogP contribution < -0.4 is 10.5 Å². The van der Waals surface area contributed by atoms with Gasteiger partial charge >= 0.3 is 0 Å². The maximum absolute atomic E-state index is 13.9. The number of benzene rings is 2. The van der Waals surface area contributed by atoms with E-state index in [-0.39, 0.29) is 11.6 Å². The van der Waals surface area contributed by atoms with Gasteiger partial charge in [0.25, 0.3) is 5.56 Å². The van der Waals surface area contributed by atoms with Crippen molar-refractivity contribution in [3.63, 3.8) is 0 Å². The van der Waals surface area contributed by atoms with Gasteiger partial charge in [0.15, 0.2) is 0 Å². The Balaban J connectivity index is 1.36. The Kier molecular flexibility index (Phi) is 6.60. The molecule has 0 N–H and O–H groups in total. The zero-order valence-corrected chi connectivity index (χ0v) is 24.5. The van der Waals surface area contributed by atoms with Crippen molar-refractivity contribution in [1.29, 1.82) is 0 Å². The normalized spacial score (nSPS) is 16.2. The lowest BCUT2D eigenvalue weighted by atomic mass is 9.97. The van der Waals surface area contributed by atoms with Crippen LogP contribution in [0.5, 0.6) is 0 Å². The molecule has 5 heterocycles. The second-order valence-electron chi connectivity index (χ2n) is 11.6. The molecule has 3 aromatic heterocycles. The van der Waals surface area contributed by atoms with Crippen LogP contribution in [0.15, 0.2) is 84.6 Å². The molecule has 0 unspecified atom stereocenters. The van der Waals surface area contributed by atoms with Crippen molar-refractivity contribution >= 4 is 22.2 Å². The van der Waals surface area contributed by atoms with Gasteiger partial charge in [-0.25, -0.2) is 0 Å². The minimum Gasteiger partial charge on any atom is -0.377 e. The molecule has 0 aliphatic carbocycles. The first-order valence-electron chi connectivity index (χ1n) is 14.6. The van der Waals surface area contributed by atoms with Crippen LogP contribution in [-0.4, -0.2) is 70.3 Å². The van der Waals surface area contributed by atoms with Gasteiger partial charge in [0.05, 0.1) is 31.1 Å². The van der Waals surface area contributed by atoms with E-state index in [1.165, 1.54) is 5.69 Å². The van der Waals surface area contributed by atoms with Gasteiger partial charge in [-0.3, -0.25) is 9.48 Å². The Hall–Kier alpha value is -4.40. The Morgan fingerprint density at radius 3 is 2.40 bits per heavy atom. The van der Waals surface area contributed by atoms with Crippen molar-refractivity contribution in [3.05, 3.63) is 107 Å². The maximum atomic E-state index is 13.9. The Bertz CT molecular complexity index is 1850. The van der Waals surface area contributed by atoms with E-state index >= 15 is 0 Å². The Labute approximate surface area is 245 Å². The molecule has 0 saturated carbocycles. The summed E-state index contributed by atoms with van der Waals surface area (Å²) < 4.78 is 11.1. The molecule has 0 radical (unpaired) electrons. The molecule has 0 amide bonds. The number of hydrogen-bond donors (Lipinski definition) is 0. The number of hydrogen-bond acceptors (Lipinski definition) is 5. The molecule has 42 heavy (non-hydrogen) atoms. The van der Waals surface area contributed by atoms with Crippen LogP contribution >= 0.6 is 0 Å². The van der Waals surface area contributed by atoms with Gasteiger partial charge in [-0.1, -0.05) is 36.9 Å². The minimum atomic E-state index is -0.0544. The fourth-order valence-electron chi connectivity index (χ4n) is 6.07. The van der Waals surface area contributed by atoms with Gasteiger partial charge in [0, 0.05) is 73.5 Å². The summed E-state index contributed by atoms with van der Waals surface area (Å²) in [5.74, 6) is 0. The Morgan fingerprint density at radius 2 is 1.71 bits per heavy atom. The molecular formula is C34H36N6O2. The van der Waals surface area contributed by atoms with E-state index in [0.29, 0.717) is 18.7 Å². The molecule has 2 aromatic carbocycles. The van der Waals surface area contributed by atoms with E-state index in [4.69, 9.17) is 4.74 Å². The van der Waals surface area contributed by atoms with Crippen molar-refractivity contribution in [1.82, 2.24) is 23.8 Å². The topological polar surface area (TPSA) is 60.5 Å². The lowest BCUT2D eigenvalue weighted by molar-refractivity contribution is -0.0286. The molecule has 2 aliphatic rings. The molecule has 2 aliphatic heterocycles. The van der Waals surface area contributed by atoms with Gasteiger partial charge < -0.3 is 23.7 Å². The summed E-state index contributed by atoms with van der Waals surface area (Å²) in [6, 6.07) is 19.2. The second kappa shape index (κ2) is 10.5. The number of para-hydroxylation sites is 1. The summed E-state index contributed by atoms with van der Waals surface area (Å²) in [5.41, 5.74) is 8.60. The van der Waals surface area contributed by atoms with Crippen molar-refractivity contribution in [3.8, 4) is 16.9 Å². The van der Waals surface area contributed by atoms with Crippen LogP contribution in [0.1, 0.15) is 22.7 Å². The van der Waals surface area contributed by atoms with E-state index in [1.807, 2.05) is 36.3 Å². The molecule has 8 heteroatoms. The third-order valence-corrected chi connectivity index (χ3v) is 8.79. The third-order valence-electron chi connectivity index (χ3n) is 8.79. The van der Waals surface area contributed by atoms with E-state index in [2.05, 4.69) is 88.7 Å². The lowest BCUT2D eigenvalue weighted by Gasteiger charge is -2.34. The minimum absolute atomic E-state index is 0.0544. The standard InChI is InChI=1S/C34H36N6O2/c1-23-7-5-6-8-31(23)40-32(26-18-35-39(19-26)28-21-42-22-28)17-29-30(20-37(4)34(41)33(29)40)24(2)25-9-11-27(12-10-25)38-15-13-36(3)14-16-38/h5-12,17-20,28H,2,13-16,21-22H2,1,3-4H3. The highest BCUT2D eigenvalue weighted by molar-refractivity contribution is 5.99. The Morgan fingerprint density at radius 1 is 0.976 bits per heavy atom. The molecule has 5 aromatic rings. The van der Waals surface area contributed by atoms with Crippen molar-refractivity contribution in [2.45, 2.75) is 13.0 Å². The fraction of sp³-hybridized carbons (Fsp3) is 0.294. The zero-order chi connectivity index (χ0) is 29.0. The van der Waals surface area contributed by atoms with Crippen LogP contribution in [0.4, 0.5) is 5.69 Å². The van der Waals surface area contributed by atoms with Crippen LogP contribution in [0.25, 0.3) is 33.4 Å². The number of fused-ring (bicyclic) bond motifs is 1. The van der Waals surface area contributed by atoms with E-state index in [1.54, 1.807) is 4.57 Å². The molecule has 214 valence electrons. The number of piperazine rings is 1.